The number of benzene rings is 1. The molecule has 1 aliphatic heterocycles. The van der Waals surface area contributed by atoms with Gasteiger partial charge in [0.25, 0.3) is 0 Å². The number of hydrogen-bond donors (Lipinski definition) is 2. The predicted molar refractivity (Wildman–Crippen MR) is 107 cm³/mol. The number of Topliss-reactive ketones (excluding diaryl/α,β-unsaturated/α-hetero) is 1. The van der Waals surface area contributed by atoms with Gasteiger partial charge in [0.05, 0.1) is 19.1 Å². The van der Waals surface area contributed by atoms with Crippen LogP contribution in [-0.2, 0) is 40.1 Å². The maximum atomic E-state index is 12.8. The number of nitrogens with one attached hydrogen (secondary N) is 1. The van der Waals surface area contributed by atoms with Crippen molar-refractivity contribution in [1.82, 2.24) is 10.2 Å². The molecule has 10 heteroatoms. The number of nitrogens with zero attached hydrogens (tertiary/aromatic N) is 1. The number of ketones is 1. The van der Waals surface area contributed by atoms with Crippen LogP contribution in [0.4, 0.5) is 0 Å². The Bertz CT molecular complexity index is 826. The third-order valence-corrected chi connectivity index (χ3v) is 4.80. The summed E-state index contributed by atoms with van der Waals surface area (Å²) in [6.07, 6.45) is -0.863. The molecule has 2 rings (SSSR count). The highest BCUT2D eigenvalue weighted by Crippen LogP contribution is 2.22. The standard InChI is InChI=1S/C21H26N2O8/c1-13(24)23-10-16(31-11-15-6-4-3-5-7-15)8-18(23)21(29)22-17(9-20(27)28)19(26)12-30-14(2)25/h3-7,16-18H,8-12H2,1-2H3,(H,22,29)(H,27,28). The lowest BCUT2D eigenvalue weighted by Crippen LogP contribution is -2.51. The molecule has 3 atom stereocenters. The zero-order valence-electron chi connectivity index (χ0n) is 17.4. The molecular weight excluding hydrogens is 408 g/mol. The number of aliphatic carboxylic acids is 1. The minimum atomic E-state index is -1.39. The molecule has 3 unspecified atom stereocenters. The van der Waals surface area contributed by atoms with Crippen LogP contribution in [0.1, 0.15) is 32.3 Å². The third kappa shape index (κ3) is 7.49. The first-order chi connectivity index (χ1) is 14.7. The van der Waals surface area contributed by atoms with Crippen molar-refractivity contribution in [2.24, 2.45) is 0 Å². The summed E-state index contributed by atoms with van der Waals surface area (Å²) in [4.78, 5) is 60.4. The van der Waals surface area contributed by atoms with E-state index in [0.29, 0.717) is 6.61 Å². The summed E-state index contributed by atoms with van der Waals surface area (Å²) < 4.78 is 10.4. The highest BCUT2D eigenvalue weighted by Gasteiger charge is 2.40. The van der Waals surface area contributed by atoms with Crippen molar-refractivity contribution in [2.75, 3.05) is 13.2 Å². The van der Waals surface area contributed by atoms with Gasteiger partial charge in [-0.05, 0) is 5.56 Å². The summed E-state index contributed by atoms with van der Waals surface area (Å²) in [5.74, 6) is -3.77. The summed E-state index contributed by atoms with van der Waals surface area (Å²) in [7, 11) is 0. The first-order valence-electron chi connectivity index (χ1n) is 9.78. The van der Waals surface area contributed by atoms with E-state index in [0.717, 1.165) is 12.5 Å². The van der Waals surface area contributed by atoms with E-state index in [4.69, 9.17) is 9.84 Å². The monoisotopic (exact) mass is 434 g/mol. The maximum Gasteiger partial charge on any atom is 0.305 e. The van der Waals surface area contributed by atoms with E-state index in [2.05, 4.69) is 10.1 Å². The molecule has 0 spiro atoms. The van der Waals surface area contributed by atoms with Gasteiger partial charge in [-0.3, -0.25) is 24.0 Å². The predicted octanol–water partition coefficient (Wildman–Crippen LogP) is 0.284. The van der Waals surface area contributed by atoms with Gasteiger partial charge in [-0.2, -0.15) is 0 Å². The number of carboxylic acid groups (broad SMARTS) is 1. The average Bonchev–Trinajstić information content (AvgIpc) is 3.15. The molecule has 2 N–H and O–H groups in total. The van der Waals surface area contributed by atoms with Crippen LogP contribution in [0.25, 0.3) is 0 Å². The molecule has 2 amide bonds. The topological polar surface area (TPSA) is 139 Å². The molecule has 168 valence electrons. The lowest BCUT2D eigenvalue weighted by atomic mass is 10.1. The van der Waals surface area contributed by atoms with Gasteiger partial charge in [0.15, 0.2) is 12.4 Å². The minimum absolute atomic E-state index is 0.200. The number of ether oxygens (including phenoxy) is 2. The maximum absolute atomic E-state index is 12.8. The Hall–Kier alpha value is -3.27. The van der Waals surface area contributed by atoms with Crippen LogP contribution < -0.4 is 5.32 Å². The van der Waals surface area contributed by atoms with E-state index in [-0.39, 0.29) is 18.9 Å². The van der Waals surface area contributed by atoms with Gasteiger partial charge in [0.1, 0.15) is 12.1 Å². The summed E-state index contributed by atoms with van der Waals surface area (Å²) in [5.41, 5.74) is 0.947. The first kappa shape index (κ1) is 24.0. The van der Waals surface area contributed by atoms with Gasteiger partial charge in [-0.1, -0.05) is 30.3 Å². The van der Waals surface area contributed by atoms with Crippen LogP contribution in [0.5, 0.6) is 0 Å². The number of hydrogen-bond acceptors (Lipinski definition) is 7. The fourth-order valence-electron chi connectivity index (χ4n) is 3.26. The summed E-state index contributed by atoms with van der Waals surface area (Å²) >= 11 is 0. The first-order valence-corrected chi connectivity index (χ1v) is 9.78. The van der Waals surface area contributed by atoms with Gasteiger partial charge in [-0.25, -0.2) is 0 Å². The van der Waals surface area contributed by atoms with Crippen molar-refractivity contribution in [3.05, 3.63) is 35.9 Å². The summed E-state index contributed by atoms with van der Waals surface area (Å²) in [6.45, 7) is 2.29. The molecule has 1 aromatic rings. The van der Waals surface area contributed by atoms with Gasteiger partial charge in [0, 0.05) is 26.8 Å². The Morgan fingerprint density at radius 3 is 2.42 bits per heavy atom. The number of carbonyl (C=O) groups is 5. The number of amides is 2. The molecule has 10 nitrogen and oxygen atoms in total. The zero-order valence-corrected chi connectivity index (χ0v) is 17.4. The van der Waals surface area contributed by atoms with Gasteiger partial charge in [-0.15, -0.1) is 0 Å². The van der Waals surface area contributed by atoms with E-state index in [1.165, 1.54) is 11.8 Å². The minimum Gasteiger partial charge on any atom is -0.481 e. The van der Waals surface area contributed by atoms with Gasteiger partial charge < -0.3 is 24.8 Å². The molecule has 1 saturated heterocycles. The van der Waals surface area contributed by atoms with Crippen molar-refractivity contribution in [2.45, 2.75) is 51.5 Å². The highest BCUT2D eigenvalue weighted by molar-refractivity contribution is 5.95. The lowest BCUT2D eigenvalue weighted by Gasteiger charge is -2.24. The van der Waals surface area contributed by atoms with Gasteiger partial charge >= 0.3 is 11.9 Å². The Kier molecular flexibility index (Phi) is 8.68. The van der Waals surface area contributed by atoms with Crippen LogP contribution >= 0.6 is 0 Å². The number of carbonyl (C=O) groups excluding carboxylic acids is 4. The number of rotatable bonds is 10. The summed E-state index contributed by atoms with van der Waals surface area (Å²) in [5, 5.41) is 11.4. The van der Waals surface area contributed by atoms with Crippen LogP contribution in [0.2, 0.25) is 0 Å². The van der Waals surface area contributed by atoms with Crippen LogP contribution in [0, 0.1) is 0 Å². The highest BCUT2D eigenvalue weighted by atomic mass is 16.5. The molecule has 0 aromatic heterocycles. The Balaban J connectivity index is 2.03. The number of likely N-dealkylation sites (tertiary alicyclic amines) is 1. The summed E-state index contributed by atoms with van der Waals surface area (Å²) in [6, 6.07) is 7.13. The van der Waals surface area contributed by atoms with E-state index < -0.39 is 54.8 Å². The molecular formula is C21H26N2O8. The van der Waals surface area contributed by atoms with Crippen molar-refractivity contribution in [3.8, 4) is 0 Å². The van der Waals surface area contributed by atoms with Crippen molar-refractivity contribution >= 4 is 29.5 Å². The Labute approximate surface area is 179 Å². The average molecular weight is 434 g/mol. The zero-order chi connectivity index (χ0) is 23.0. The molecule has 31 heavy (non-hydrogen) atoms. The Morgan fingerprint density at radius 2 is 1.84 bits per heavy atom. The number of esters is 1. The van der Waals surface area contributed by atoms with E-state index in [1.807, 2.05) is 30.3 Å². The second-order valence-corrected chi connectivity index (χ2v) is 7.25. The van der Waals surface area contributed by atoms with Crippen LogP contribution in [-0.4, -0.2) is 70.9 Å². The van der Waals surface area contributed by atoms with Crippen LogP contribution in [0.3, 0.4) is 0 Å². The molecule has 0 saturated carbocycles. The molecule has 0 bridgehead atoms. The fourth-order valence-corrected chi connectivity index (χ4v) is 3.26. The Morgan fingerprint density at radius 1 is 1.16 bits per heavy atom. The SMILES string of the molecule is CC(=O)OCC(=O)C(CC(=O)O)NC(=O)C1CC(OCc2ccccc2)CN1C(C)=O. The quantitative estimate of drug-likeness (QED) is 0.501. The van der Waals surface area contributed by atoms with Crippen LogP contribution in [0.15, 0.2) is 30.3 Å². The number of carboxylic acids is 1. The second kappa shape index (κ2) is 11.2. The van der Waals surface area contributed by atoms with Crippen molar-refractivity contribution in [1.29, 1.82) is 0 Å². The fraction of sp³-hybridized carbons (Fsp3) is 0.476. The largest absolute Gasteiger partial charge is 0.481 e. The second-order valence-electron chi connectivity index (χ2n) is 7.25. The van der Waals surface area contributed by atoms with Gasteiger partial charge in [0.2, 0.25) is 11.8 Å². The molecule has 1 aromatic carbocycles. The third-order valence-electron chi connectivity index (χ3n) is 4.80. The smallest absolute Gasteiger partial charge is 0.305 e. The van der Waals surface area contributed by atoms with Crippen molar-refractivity contribution in [3.63, 3.8) is 0 Å². The molecule has 0 aliphatic carbocycles. The lowest BCUT2D eigenvalue weighted by molar-refractivity contribution is -0.148. The molecule has 1 heterocycles. The van der Waals surface area contributed by atoms with E-state index >= 15 is 0 Å². The van der Waals surface area contributed by atoms with E-state index in [9.17, 15) is 24.0 Å². The normalized spacial score (nSPS) is 18.8. The van der Waals surface area contributed by atoms with Crippen molar-refractivity contribution < 1.29 is 38.6 Å². The van der Waals surface area contributed by atoms with E-state index in [1.54, 1.807) is 0 Å². The molecule has 1 aliphatic rings. The molecule has 1 fully saturated rings. The molecule has 0 radical (unpaired) electrons.